The molecule has 4 nitrogen and oxygen atoms in total. The van der Waals surface area contributed by atoms with Crippen LogP contribution in [-0.4, -0.2) is 30.9 Å². The highest BCUT2D eigenvalue weighted by atomic mass is 16.5. The Bertz CT molecular complexity index is 434. The van der Waals surface area contributed by atoms with Crippen molar-refractivity contribution in [3.05, 3.63) is 23.3 Å². The maximum atomic E-state index is 10.3. The van der Waals surface area contributed by atoms with Gasteiger partial charge in [-0.3, -0.25) is 0 Å². The summed E-state index contributed by atoms with van der Waals surface area (Å²) >= 11 is 0. The van der Waals surface area contributed by atoms with Crippen LogP contribution in [0.4, 0.5) is 0 Å². The number of aliphatic hydroxyl groups excluding tert-OH is 1. The first kappa shape index (κ1) is 14.2. The third-order valence-corrected chi connectivity index (χ3v) is 3.27. The molecule has 0 fully saturated rings. The molecule has 2 unspecified atom stereocenters. The molecule has 0 radical (unpaired) electrons. The highest BCUT2D eigenvalue weighted by Crippen LogP contribution is 2.37. The minimum atomic E-state index is -0.577. The van der Waals surface area contributed by atoms with E-state index < -0.39 is 6.10 Å². The largest absolute Gasteiger partial charge is 0.493 e. The molecular weight excluding hydrogens is 242 g/mol. The molecule has 0 aromatic heterocycles. The van der Waals surface area contributed by atoms with Crippen LogP contribution < -0.4 is 14.8 Å². The lowest BCUT2D eigenvalue weighted by Crippen LogP contribution is -2.21. The Labute approximate surface area is 114 Å². The Balaban J connectivity index is 2.27. The number of ether oxygens (including phenoxy) is 2. The SMILES string of the molecule is CCNCC(O)c1cc2c(cc1OCC)CC(C)O2. The first-order valence-electron chi connectivity index (χ1n) is 7.00. The maximum Gasteiger partial charge on any atom is 0.125 e. The van der Waals surface area contributed by atoms with Crippen molar-refractivity contribution in [2.24, 2.45) is 0 Å². The number of fused-ring (bicyclic) bond motifs is 1. The number of likely N-dealkylation sites (N-methyl/N-ethyl adjacent to an activating group) is 1. The normalized spacial score (nSPS) is 18.8. The molecule has 4 heteroatoms. The zero-order chi connectivity index (χ0) is 13.8. The zero-order valence-electron chi connectivity index (χ0n) is 11.9. The van der Waals surface area contributed by atoms with E-state index in [-0.39, 0.29) is 6.10 Å². The molecule has 19 heavy (non-hydrogen) atoms. The van der Waals surface area contributed by atoms with Gasteiger partial charge in [0.05, 0.1) is 12.7 Å². The summed E-state index contributed by atoms with van der Waals surface area (Å²) in [4.78, 5) is 0. The molecule has 1 aromatic rings. The van der Waals surface area contributed by atoms with Crippen LogP contribution in [0.25, 0.3) is 0 Å². The summed E-state index contributed by atoms with van der Waals surface area (Å²) < 4.78 is 11.4. The Morgan fingerprint density at radius 2 is 2.26 bits per heavy atom. The standard InChI is InChI=1S/C15H23NO3/c1-4-16-9-13(17)12-8-14-11(6-10(3)19-14)7-15(12)18-5-2/h7-8,10,13,16-17H,4-6,9H2,1-3H3. The first-order chi connectivity index (χ1) is 9.15. The van der Waals surface area contributed by atoms with Crippen LogP contribution in [0.15, 0.2) is 12.1 Å². The van der Waals surface area contributed by atoms with Crippen molar-refractivity contribution < 1.29 is 14.6 Å². The average Bonchev–Trinajstić information content (AvgIpc) is 2.74. The predicted molar refractivity (Wildman–Crippen MR) is 74.9 cm³/mol. The summed E-state index contributed by atoms with van der Waals surface area (Å²) in [6.07, 6.45) is 0.524. The van der Waals surface area contributed by atoms with E-state index in [0.717, 1.165) is 35.6 Å². The van der Waals surface area contributed by atoms with Crippen molar-refractivity contribution in [1.82, 2.24) is 5.32 Å². The van der Waals surface area contributed by atoms with Crippen LogP contribution in [-0.2, 0) is 6.42 Å². The molecule has 0 amide bonds. The molecule has 2 rings (SSSR count). The summed E-state index contributed by atoms with van der Waals surface area (Å²) in [6.45, 7) is 7.96. The number of benzene rings is 1. The van der Waals surface area contributed by atoms with Gasteiger partial charge in [-0.2, -0.15) is 0 Å². The van der Waals surface area contributed by atoms with Crippen molar-refractivity contribution in [2.45, 2.75) is 39.4 Å². The molecule has 2 atom stereocenters. The van der Waals surface area contributed by atoms with Gasteiger partial charge in [-0.1, -0.05) is 6.92 Å². The minimum absolute atomic E-state index is 0.200. The van der Waals surface area contributed by atoms with Gasteiger partial charge in [0.2, 0.25) is 0 Å². The third-order valence-electron chi connectivity index (χ3n) is 3.27. The van der Waals surface area contributed by atoms with E-state index in [2.05, 4.69) is 12.2 Å². The lowest BCUT2D eigenvalue weighted by molar-refractivity contribution is 0.169. The molecule has 1 aliphatic heterocycles. The van der Waals surface area contributed by atoms with E-state index >= 15 is 0 Å². The Morgan fingerprint density at radius 3 is 2.95 bits per heavy atom. The number of hydrogen-bond acceptors (Lipinski definition) is 4. The molecule has 0 spiro atoms. The summed E-state index contributed by atoms with van der Waals surface area (Å²) in [5, 5.41) is 13.4. The second-order valence-electron chi connectivity index (χ2n) is 4.89. The molecule has 1 aromatic carbocycles. The summed E-state index contributed by atoms with van der Waals surface area (Å²) in [5.74, 6) is 1.64. The monoisotopic (exact) mass is 265 g/mol. The van der Waals surface area contributed by atoms with E-state index in [9.17, 15) is 5.11 Å². The lowest BCUT2D eigenvalue weighted by Gasteiger charge is -2.17. The van der Waals surface area contributed by atoms with Crippen LogP contribution in [0, 0.1) is 0 Å². The number of aliphatic hydroxyl groups is 1. The van der Waals surface area contributed by atoms with Crippen molar-refractivity contribution in [2.75, 3.05) is 19.7 Å². The smallest absolute Gasteiger partial charge is 0.125 e. The fraction of sp³-hybridized carbons (Fsp3) is 0.600. The van der Waals surface area contributed by atoms with Gasteiger partial charge in [-0.25, -0.2) is 0 Å². The summed E-state index contributed by atoms with van der Waals surface area (Å²) in [7, 11) is 0. The van der Waals surface area contributed by atoms with Gasteiger partial charge in [-0.15, -0.1) is 0 Å². The van der Waals surface area contributed by atoms with Gasteiger partial charge in [-0.05, 0) is 32.5 Å². The van der Waals surface area contributed by atoms with Crippen LogP contribution in [0.5, 0.6) is 11.5 Å². The van der Waals surface area contributed by atoms with Gasteiger partial charge in [0.15, 0.2) is 0 Å². The van der Waals surface area contributed by atoms with E-state index in [1.165, 1.54) is 0 Å². The molecule has 2 N–H and O–H groups in total. The molecule has 0 saturated heterocycles. The highest BCUT2D eigenvalue weighted by Gasteiger charge is 2.24. The van der Waals surface area contributed by atoms with E-state index in [0.29, 0.717) is 13.2 Å². The predicted octanol–water partition coefficient (Wildman–Crippen LogP) is 2.05. The molecule has 1 heterocycles. The van der Waals surface area contributed by atoms with Crippen molar-refractivity contribution >= 4 is 0 Å². The van der Waals surface area contributed by atoms with Crippen molar-refractivity contribution in [1.29, 1.82) is 0 Å². The lowest BCUT2D eigenvalue weighted by atomic mass is 10.0. The van der Waals surface area contributed by atoms with Gasteiger partial charge < -0.3 is 19.9 Å². The van der Waals surface area contributed by atoms with E-state index in [1.54, 1.807) is 0 Å². The fourth-order valence-corrected chi connectivity index (χ4v) is 2.39. The Hall–Kier alpha value is -1.26. The number of nitrogens with one attached hydrogen (secondary N) is 1. The van der Waals surface area contributed by atoms with Crippen molar-refractivity contribution in [3.63, 3.8) is 0 Å². The zero-order valence-corrected chi connectivity index (χ0v) is 11.9. The maximum absolute atomic E-state index is 10.3. The average molecular weight is 265 g/mol. The molecule has 0 saturated carbocycles. The van der Waals surface area contributed by atoms with Crippen LogP contribution in [0.2, 0.25) is 0 Å². The molecule has 1 aliphatic rings. The van der Waals surface area contributed by atoms with Crippen molar-refractivity contribution in [3.8, 4) is 11.5 Å². The topological polar surface area (TPSA) is 50.7 Å². The number of rotatable bonds is 6. The first-order valence-corrected chi connectivity index (χ1v) is 7.00. The third kappa shape index (κ3) is 3.19. The van der Waals surface area contributed by atoms with Gasteiger partial charge in [0.1, 0.15) is 17.6 Å². The fourth-order valence-electron chi connectivity index (χ4n) is 2.39. The minimum Gasteiger partial charge on any atom is -0.493 e. The quantitative estimate of drug-likeness (QED) is 0.826. The second-order valence-corrected chi connectivity index (χ2v) is 4.89. The second kappa shape index (κ2) is 6.26. The summed E-state index contributed by atoms with van der Waals surface area (Å²) in [6, 6.07) is 3.93. The summed E-state index contributed by atoms with van der Waals surface area (Å²) in [5.41, 5.74) is 1.96. The van der Waals surface area contributed by atoms with Gasteiger partial charge in [0.25, 0.3) is 0 Å². The van der Waals surface area contributed by atoms with Gasteiger partial charge in [0, 0.05) is 24.1 Å². The van der Waals surface area contributed by atoms with Crippen LogP contribution >= 0.6 is 0 Å². The molecule has 0 bridgehead atoms. The van der Waals surface area contributed by atoms with Crippen LogP contribution in [0.1, 0.15) is 38.0 Å². The Morgan fingerprint density at radius 1 is 1.47 bits per heavy atom. The highest BCUT2D eigenvalue weighted by molar-refractivity contribution is 5.49. The van der Waals surface area contributed by atoms with Crippen LogP contribution in [0.3, 0.4) is 0 Å². The van der Waals surface area contributed by atoms with E-state index in [1.807, 2.05) is 26.0 Å². The molecular formula is C15H23NO3. The Kier molecular flexibility index (Phi) is 4.66. The van der Waals surface area contributed by atoms with E-state index in [4.69, 9.17) is 9.47 Å². The van der Waals surface area contributed by atoms with Gasteiger partial charge >= 0.3 is 0 Å². The molecule has 106 valence electrons. The molecule has 0 aliphatic carbocycles. The number of hydrogen-bond donors (Lipinski definition) is 2.